The Morgan fingerprint density at radius 3 is 2.19 bits per heavy atom. The topological polar surface area (TPSA) is 75.6 Å². The minimum absolute atomic E-state index is 0.0427. The van der Waals surface area contributed by atoms with Crippen molar-refractivity contribution in [2.24, 2.45) is 5.92 Å². The third kappa shape index (κ3) is 5.87. The van der Waals surface area contributed by atoms with Gasteiger partial charge in [0.1, 0.15) is 12.6 Å². The maximum absolute atomic E-state index is 12.4. The molecule has 5 heteroatoms. The Bertz CT molecular complexity index is 849. The van der Waals surface area contributed by atoms with Crippen molar-refractivity contribution in [2.75, 3.05) is 6.61 Å². The van der Waals surface area contributed by atoms with Crippen LogP contribution >= 0.6 is 0 Å². The number of carbonyl (C=O) groups is 2. The van der Waals surface area contributed by atoms with Crippen LogP contribution in [0, 0.1) is 5.92 Å². The predicted molar refractivity (Wildman–Crippen MR) is 122 cm³/mol. The molecule has 166 valence electrons. The van der Waals surface area contributed by atoms with Crippen LogP contribution in [-0.4, -0.2) is 29.8 Å². The molecule has 1 aliphatic carbocycles. The summed E-state index contributed by atoms with van der Waals surface area (Å²) in [5.74, 6) is -0.834. The van der Waals surface area contributed by atoms with Gasteiger partial charge in [0.25, 0.3) is 0 Å². The summed E-state index contributed by atoms with van der Waals surface area (Å²) in [5.41, 5.74) is 4.58. The summed E-state index contributed by atoms with van der Waals surface area (Å²) in [7, 11) is 0. The molecule has 0 saturated carbocycles. The molecule has 0 saturated heterocycles. The molecule has 0 bridgehead atoms. The maximum Gasteiger partial charge on any atom is 0.407 e. The van der Waals surface area contributed by atoms with Crippen LogP contribution in [0.15, 0.2) is 48.5 Å². The van der Waals surface area contributed by atoms with Gasteiger partial charge in [-0.1, -0.05) is 94.5 Å². The van der Waals surface area contributed by atoms with Gasteiger partial charge in [-0.25, -0.2) is 9.59 Å². The SMILES string of the molecule is CCCCCC[C@@H](C)C[C@H](NC(=O)OCC1c2ccccc2-c2ccccc21)C(=O)O. The molecule has 0 aliphatic heterocycles. The number of carboxylic acid groups (broad SMARTS) is 1. The molecular formula is C26H33NO4. The van der Waals surface area contributed by atoms with E-state index in [1.807, 2.05) is 31.2 Å². The van der Waals surface area contributed by atoms with Gasteiger partial charge in [0, 0.05) is 5.92 Å². The van der Waals surface area contributed by atoms with E-state index in [4.69, 9.17) is 4.74 Å². The Labute approximate surface area is 184 Å². The first-order chi connectivity index (χ1) is 15.0. The average Bonchev–Trinajstić information content (AvgIpc) is 3.08. The van der Waals surface area contributed by atoms with Crippen LogP contribution in [0.5, 0.6) is 0 Å². The highest BCUT2D eigenvalue weighted by Gasteiger charge is 2.30. The third-order valence-electron chi connectivity index (χ3n) is 6.12. The van der Waals surface area contributed by atoms with Crippen molar-refractivity contribution in [1.82, 2.24) is 5.32 Å². The number of aliphatic carboxylic acids is 1. The number of unbranched alkanes of at least 4 members (excludes halogenated alkanes) is 3. The molecule has 0 spiro atoms. The second-order valence-electron chi connectivity index (χ2n) is 8.55. The Hall–Kier alpha value is -2.82. The van der Waals surface area contributed by atoms with Crippen molar-refractivity contribution in [3.63, 3.8) is 0 Å². The molecule has 0 aromatic heterocycles. The number of fused-ring (bicyclic) bond motifs is 3. The molecule has 1 amide bonds. The number of amides is 1. The minimum atomic E-state index is -1.02. The van der Waals surface area contributed by atoms with E-state index in [0.29, 0.717) is 6.42 Å². The molecule has 2 aromatic rings. The zero-order valence-corrected chi connectivity index (χ0v) is 18.5. The van der Waals surface area contributed by atoms with E-state index >= 15 is 0 Å². The van der Waals surface area contributed by atoms with E-state index in [1.165, 1.54) is 19.3 Å². The van der Waals surface area contributed by atoms with Crippen molar-refractivity contribution in [1.29, 1.82) is 0 Å². The fourth-order valence-corrected chi connectivity index (χ4v) is 4.44. The Balaban J connectivity index is 1.56. The van der Waals surface area contributed by atoms with Crippen LogP contribution in [0.3, 0.4) is 0 Å². The van der Waals surface area contributed by atoms with Crippen LogP contribution in [0.1, 0.15) is 69.4 Å². The van der Waals surface area contributed by atoms with Gasteiger partial charge in [0.05, 0.1) is 0 Å². The predicted octanol–water partition coefficient (Wildman–Crippen LogP) is 5.97. The summed E-state index contributed by atoms with van der Waals surface area (Å²) in [6.45, 7) is 4.39. The summed E-state index contributed by atoms with van der Waals surface area (Å²) in [6.07, 6.45) is 5.34. The number of hydrogen-bond acceptors (Lipinski definition) is 3. The van der Waals surface area contributed by atoms with E-state index in [2.05, 4.69) is 36.5 Å². The van der Waals surface area contributed by atoms with Crippen molar-refractivity contribution in [3.05, 3.63) is 59.7 Å². The highest BCUT2D eigenvalue weighted by Crippen LogP contribution is 2.44. The number of rotatable bonds is 11. The van der Waals surface area contributed by atoms with E-state index in [0.717, 1.165) is 35.1 Å². The summed E-state index contributed by atoms with van der Waals surface area (Å²) in [6, 6.07) is 15.3. The molecule has 5 nitrogen and oxygen atoms in total. The van der Waals surface area contributed by atoms with Crippen LogP contribution in [0.2, 0.25) is 0 Å². The lowest BCUT2D eigenvalue weighted by Gasteiger charge is -2.20. The zero-order chi connectivity index (χ0) is 22.2. The summed E-state index contributed by atoms with van der Waals surface area (Å²) < 4.78 is 5.50. The Kier molecular flexibility index (Phi) is 8.10. The standard InChI is InChI=1S/C26H33NO4/c1-3-4-5-6-11-18(2)16-24(25(28)29)27-26(30)31-17-23-21-14-9-7-12-19(21)20-13-8-10-15-22(20)23/h7-10,12-15,18,23-24H,3-6,11,16-17H2,1-2H3,(H,27,30)(H,28,29)/t18-,24+/m1/s1. The lowest BCUT2D eigenvalue weighted by Crippen LogP contribution is -2.42. The number of hydrogen-bond donors (Lipinski definition) is 2. The smallest absolute Gasteiger partial charge is 0.407 e. The molecule has 2 N–H and O–H groups in total. The molecule has 2 aromatic carbocycles. The Morgan fingerprint density at radius 2 is 1.61 bits per heavy atom. The van der Waals surface area contributed by atoms with Crippen LogP contribution in [0.4, 0.5) is 4.79 Å². The van der Waals surface area contributed by atoms with Crippen molar-refractivity contribution in [2.45, 2.75) is 64.3 Å². The van der Waals surface area contributed by atoms with Gasteiger partial charge in [0.2, 0.25) is 0 Å². The lowest BCUT2D eigenvalue weighted by atomic mass is 9.95. The average molecular weight is 424 g/mol. The number of carboxylic acids is 1. The molecule has 0 unspecified atom stereocenters. The number of carbonyl (C=O) groups excluding carboxylic acids is 1. The second kappa shape index (κ2) is 11.0. The number of nitrogens with one attached hydrogen (secondary N) is 1. The fourth-order valence-electron chi connectivity index (χ4n) is 4.44. The van der Waals surface area contributed by atoms with E-state index in [9.17, 15) is 14.7 Å². The van der Waals surface area contributed by atoms with E-state index in [1.54, 1.807) is 0 Å². The normalized spacial score (nSPS) is 14.4. The largest absolute Gasteiger partial charge is 0.480 e. The van der Waals surface area contributed by atoms with E-state index in [-0.39, 0.29) is 18.4 Å². The van der Waals surface area contributed by atoms with Gasteiger partial charge < -0.3 is 15.2 Å². The first kappa shape index (κ1) is 22.9. The van der Waals surface area contributed by atoms with Crippen LogP contribution in [-0.2, 0) is 9.53 Å². The zero-order valence-electron chi connectivity index (χ0n) is 18.5. The lowest BCUT2D eigenvalue weighted by molar-refractivity contribution is -0.139. The molecule has 0 fully saturated rings. The molecule has 3 rings (SSSR count). The van der Waals surface area contributed by atoms with E-state index < -0.39 is 18.1 Å². The highest BCUT2D eigenvalue weighted by atomic mass is 16.5. The van der Waals surface area contributed by atoms with Gasteiger partial charge in [-0.3, -0.25) is 0 Å². The fraction of sp³-hybridized carbons (Fsp3) is 0.462. The molecule has 31 heavy (non-hydrogen) atoms. The highest BCUT2D eigenvalue weighted by molar-refractivity contribution is 5.81. The van der Waals surface area contributed by atoms with Gasteiger partial charge in [-0.15, -0.1) is 0 Å². The minimum Gasteiger partial charge on any atom is -0.480 e. The summed E-state index contributed by atoms with van der Waals surface area (Å²) in [5, 5.41) is 12.1. The molecule has 1 aliphatic rings. The van der Waals surface area contributed by atoms with Crippen molar-refractivity contribution in [3.8, 4) is 11.1 Å². The van der Waals surface area contributed by atoms with Crippen LogP contribution in [0.25, 0.3) is 11.1 Å². The quantitative estimate of drug-likeness (QED) is 0.436. The van der Waals surface area contributed by atoms with Gasteiger partial charge in [-0.2, -0.15) is 0 Å². The maximum atomic E-state index is 12.4. The Morgan fingerprint density at radius 1 is 1.00 bits per heavy atom. The van der Waals surface area contributed by atoms with Crippen molar-refractivity contribution >= 4 is 12.1 Å². The number of alkyl carbamates (subject to hydrolysis) is 1. The molecule has 2 atom stereocenters. The summed E-state index contributed by atoms with van der Waals surface area (Å²) >= 11 is 0. The number of benzene rings is 2. The van der Waals surface area contributed by atoms with Crippen LogP contribution < -0.4 is 5.32 Å². The monoisotopic (exact) mass is 423 g/mol. The van der Waals surface area contributed by atoms with Gasteiger partial charge >= 0.3 is 12.1 Å². The van der Waals surface area contributed by atoms with Gasteiger partial charge in [0.15, 0.2) is 0 Å². The number of ether oxygens (including phenoxy) is 1. The van der Waals surface area contributed by atoms with Gasteiger partial charge in [-0.05, 0) is 34.6 Å². The molecule has 0 heterocycles. The second-order valence-corrected chi connectivity index (χ2v) is 8.55. The summed E-state index contributed by atoms with van der Waals surface area (Å²) in [4.78, 5) is 24.1. The van der Waals surface area contributed by atoms with Crippen molar-refractivity contribution < 1.29 is 19.4 Å². The first-order valence-electron chi connectivity index (χ1n) is 11.4. The first-order valence-corrected chi connectivity index (χ1v) is 11.4. The molecule has 0 radical (unpaired) electrons. The third-order valence-corrected chi connectivity index (χ3v) is 6.12. The molecular weight excluding hydrogens is 390 g/mol.